The van der Waals surface area contributed by atoms with Crippen molar-refractivity contribution >= 4 is 11.8 Å². The van der Waals surface area contributed by atoms with E-state index in [1.54, 1.807) is 31.8 Å². The Morgan fingerprint density at radius 2 is 2.15 bits per heavy atom. The van der Waals surface area contributed by atoms with Crippen LogP contribution < -0.4 is 10.2 Å². The molecule has 3 aromatic heterocycles. The molecule has 1 atom stereocenters. The number of methoxy groups -OCH3 is 1. The molecule has 4 heterocycles. The predicted octanol–water partition coefficient (Wildman–Crippen LogP) is 2.32. The van der Waals surface area contributed by atoms with Crippen molar-refractivity contribution in [1.29, 1.82) is 0 Å². The zero-order valence-corrected chi connectivity index (χ0v) is 15.1. The molecule has 1 aliphatic rings. The largest absolute Gasteiger partial charge is 0.383 e. The molecule has 140 valence electrons. The van der Waals surface area contributed by atoms with Crippen molar-refractivity contribution in [3.63, 3.8) is 0 Å². The number of aromatic nitrogens is 5. The van der Waals surface area contributed by atoms with Crippen molar-refractivity contribution in [2.45, 2.75) is 18.9 Å². The molecule has 0 amide bonds. The van der Waals surface area contributed by atoms with E-state index in [4.69, 9.17) is 9.26 Å². The molecule has 1 N–H and O–H groups in total. The van der Waals surface area contributed by atoms with Crippen molar-refractivity contribution < 1.29 is 9.26 Å². The van der Waals surface area contributed by atoms with Gasteiger partial charge in [0.05, 0.1) is 6.61 Å². The molecule has 1 fully saturated rings. The Balaban J connectivity index is 1.48. The molecular weight excluding hydrogens is 346 g/mol. The number of ether oxygens (including phenoxy) is 1. The molecule has 0 bridgehead atoms. The summed E-state index contributed by atoms with van der Waals surface area (Å²) in [6, 6.07) is 5.61. The van der Waals surface area contributed by atoms with Crippen molar-refractivity contribution in [3.8, 4) is 11.4 Å². The molecule has 0 spiro atoms. The van der Waals surface area contributed by atoms with Gasteiger partial charge in [-0.05, 0) is 31.0 Å². The first kappa shape index (κ1) is 17.3. The Morgan fingerprint density at radius 1 is 1.26 bits per heavy atom. The second kappa shape index (κ2) is 8.09. The lowest BCUT2D eigenvalue weighted by Gasteiger charge is -2.21. The predicted molar refractivity (Wildman–Crippen MR) is 99.2 cm³/mol. The summed E-state index contributed by atoms with van der Waals surface area (Å²) in [5.41, 5.74) is 0.808. The first-order valence-electron chi connectivity index (χ1n) is 8.91. The molecule has 4 rings (SSSR count). The van der Waals surface area contributed by atoms with E-state index >= 15 is 0 Å². The second-order valence-corrected chi connectivity index (χ2v) is 6.21. The number of rotatable bonds is 7. The summed E-state index contributed by atoms with van der Waals surface area (Å²) in [4.78, 5) is 19.8. The van der Waals surface area contributed by atoms with Crippen LogP contribution in [0.15, 0.2) is 41.3 Å². The van der Waals surface area contributed by atoms with Gasteiger partial charge in [-0.1, -0.05) is 5.16 Å². The van der Waals surface area contributed by atoms with E-state index in [1.165, 1.54) is 0 Å². The molecule has 0 aliphatic carbocycles. The van der Waals surface area contributed by atoms with E-state index in [-0.39, 0.29) is 6.04 Å². The van der Waals surface area contributed by atoms with E-state index in [0.29, 0.717) is 30.8 Å². The fraction of sp³-hybridized carbons (Fsp3) is 0.389. The van der Waals surface area contributed by atoms with Crippen LogP contribution >= 0.6 is 0 Å². The monoisotopic (exact) mass is 367 g/mol. The quantitative estimate of drug-likeness (QED) is 0.630. The standard InChI is InChI=1S/C18H21N7O2/c1-26-11-9-19-15-6-5-13(12-22-15)16-23-17(27-24-16)14-4-2-10-25(14)18-20-7-3-8-21-18/h3,5-8,12,14H,2,4,9-11H2,1H3,(H,19,22)/t14-/m0/s1. The SMILES string of the molecule is COCCNc1ccc(-c2noc([C@@H]3CCCN3c3ncccn3)n2)cn1. The van der Waals surface area contributed by atoms with Crippen LogP contribution in [0.25, 0.3) is 11.4 Å². The fourth-order valence-electron chi connectivity index (χ4n) is 3.10. The summed E-state index contributed by atoms with van der Waals surface area (Å²) in [7, 11) is 1.67. The smallest absolute Gasteiger partial charge is 0.249 e. The van der Waals surface area contributed by atoms with Gasteiger partial charge in [0, 0.05) is 44.4 Å². The summed E-state index contributed by atoms with van der Waals surface area (Å²) >= 11 is 0. The fourth-order valence-corrected chi connectivity index (χ4v) is 3.10. The zero-order chi connectivity index (χ0) is 18.5. The van der Waals surface area contributed by atoms with Crippen molar-refractivity contribution in [3.05, 3.63) is 42.7 Å². The van der Waals surface area contributed by atoms with Crippen LogP contribution in [0, 0.1) is 0 Å². The molecule has 27 heavy (non-hydrogen) atoms. The lowest BCUT2D eigenvalue weighted by Crippen LogP contribution is -2.24. The van der Waals surface area contributed by atoms with Gasteiger partial charge >= 0.3 is 0 Å². The van der Waals surface area contributed by atoms with Crippen LogP contribution in [-0.4, -0.2) is 51.9 Å². The minimum atomic E-state index is -0.00315. The maximum atomic E-state index is 5.55. The Kier molecular flexibility index (Phi) is 5.20. The summed E-state index contributed by atoms with van der Waals surface area (Å²) in [5, 5.41) is 7.31. The van der Waals surface area contributed by atoms with E-state index < -0.39 is 0 Å². The van der Waals surface area contributed by atoms with Gasteiger partial charge in [-0.15, -0.1) is 0 Å². The number of nitrogens with one attached hydrogen (secondary N) is 1. The van der Waals surface area contributed by atoms with Crippen molar-refractivity contribution in [2.75, 3.05) is 37.0 Å². The van der Waals surface area contributed by atoms with Crippen LogP contribution in [0.4, 0.5) is 11.8 Å². The van der Waals surface area contributed by atoms with Gasteiger partial charge in [-0.25, -0.2) is 15.0 Å². The van der Waals surface area contributed by atoms with Crippen LogP contribution in [0.2, 0.25) is 0 Å². The summed E-state index contributed by atoms with van der Waals surface area (Å²) in [6.45, 7) is 2.20. The Morgan fingerprint density at radius 3 is 2.93 bits per heavy atom. The maximum absolute atomic E-state index is 5.55. The second-order valence-electron chi connectivity index (χ2n) is 6.21. The average Bonchev–Trinajstić information content (AvgIpc) is 3.39. The van der Waals surface area contributed by atoms with Gasteiger partial charge in [0.25, 0.3) is 0 Å². The number of hydrogen-bond donors (Lipinski definition) is 1. The van der Waals surface area contributed by atoms with Gasteiger partial charge in [0.15, 0.2) is 0 Å². The highest BCUT2D eigenvalue weighted by Crippen LogP contribution is 2.34. The Bertz CT molecular complexity index is 854. The van der Waals surface area contributed by atoms with Gasteiger partial charge in [0.1, 0.15) is 11.9 Å². The molecule has 9 heteroatoms. The molecule has 0 radical (unpaired) electrons. The number of pyridine rings is 1. The molecule has 1 aliphatic heterocycles. The summed E-state index contributed by atoms with van der Waals surface area (Å²) < 4.78 is 10.6. The molecule has 1 saturated heterocycles. The number of anilines is 2. The van der Waals surface area contributed by atoms with E-state index in [1.807, 2.05) is 12.1 Å². The van der Waals surface area contributed by atoms with E-state index in [2.05, 4.69) is 35.3 Å². The average molecular weight is 367 g/mol. The normalized spacial score (nSPS) is 16.6. The maximum Gasteiger partial charge on any atom is 0.249 e. The van der Waals surface area contributed by atoms with Gasteiger partial charge in [-0.2, -0.15) is 4.98 Å². The topological polar surface area (TPSA) is 102 Å². The molecule has 9 nitrogen and oxygen atoms in total. The van der Waals surface area contributed by atoms with Crippen LogP contribution in [0.3, 0.4) is 0 Å². The summed E-state index contributed by atoms with van der Waals surface area (Å²) in [6.07, 6.45) is 7.18. The third-order valence-corrected chi connectivity index (χ3v) is 4.42. The van der Waals surface area contributed by atoms with Crippen LogP contribution in [-0.2, 0) is 4.74 Å². The minimum Gasteiger partial charge on any atom is -0.383 e. The molecule has 0 unspecified atom stereocenters. The third kappa shape index (κ3) is 3.87. The molecule has 3 aromatic rings. The first-order chi connectivity index (χ1) is 13.3. The highest BCUT2D eigenvalue weighted by Gasteiger charge is 2.32. The molecule has 0 saturated carbocycles. The first-order valence-corrected chi connectivity index (χ1v) is 8.91. The van der Waals surface area contributed by atoms with Crippen molar-refractivity contribution in [2.24, 2.45) is 0 Å². The van der Waals surface area contributed by atoms with Crippen molar-refractivity contribution in [1.82, 2.24) is 25.1 Å². The van der Waals surface area contributed by atoms with E-state index in [9.17, 15) is 0 Å². The van der Waals surface area contributed by atoms with E-state index in [0.717, 1.165) is 30.8 Å². The lowest BCUT2D eigenvalue weighted by atomic mass is 10.2. The third-order valence-electron chi connectivity index (χ3n) is 4.42. The van der Waals surface area contributed by atoms with Gasteiger partial charge < -0.3 is 19.5 Å². The highest BCUT2D eigenvalue weighted by atomic mass is 16.5. The number of hydrogen-bond acceptors (Lipinski definition) is 9. The number of nitrogens with zero attached hydrogens (tertiary/aromatic N) is 6. The highest BCUT2D eigenvalue weighted by molar-refractivity contribution is 5.55. The summed E-state index contributed by atoms with van der Waals surface area (Å²) in [5.74, 6) is 2.58. The molecule has 0 aromatic carbocycles. The lowest BCUT2D eigenvalue weighted by molar-refractivity contribution is 0.210. The Hall–Kier alpha value is -3.07. The van der Waals surface area contributed by atoms with Crippen LogP contribution in [0.1, 0.15) is 24.8 Å². The molecular formula is C18H21N7O2. The van der Waals surface area contributed by atoms with Gasteiger partial charge in [0.2, 0.25) is 17.7 Å². The van der Waals surface area contributed by atoms with Crippen LogP contribution in [0.5, 0.6) is 0 Å². The Labute approximate surface area is 156 Å². The zero-order valence-electron chi connectivity index (χ0n) is 15.1. The minimum absolute atomic E-state index is 0.00315. The van der Waals surface area contributed by atoms with Gasteiger partial charge in [-0.3, -0.25) is 0 Å².